The van der Waals surface area contributed by atoms with E-state index in [2.05, 4.69) is 18.8 Å². The number of rotatable bonds is 4. The number of hydrogen-bond acceptors (Lipinski definition) is 2. The molecule has 0 bridgehead atoms. The van der Waals surface area contributed by atoms with Gasteiger partial charge in [0.15, 0.2) is 0 Å². The minimum Gasteiger partial charge on any atom is -0.497 e. The van der Waals surface area contributed by atoms with E-state index in [-0.39, 0.29) is 11.4 Å². The van der Waals surface area contributed by atoms with Crippen molar-refractivity contribution in [3.8, 4) is 5.75 Å². The molecule has 1 amide bonds. The van der Waals surface area contributed by atoms with Crippen LogP contribution in [0.3, 0.4) is 0 Å². The highest BCUT2D eigenvalue weighted by Gasteiger charge is 2.33. The van der Waals surface area contributed by atoms with Crippen LogP contribution in [-0.2, 0) is 0 Å². The monoisotopic (exact) mass is 245 g/mol. The van der Waals surface area contributed by atoms with Crippen LogP contribution in [0.15, 0.2) is 24.8 Å². The summed E-state index contributed by atoms with van der Waals surface area (Å²) >= 11 is 0. The summed E-state index contributed by atoms with van der Waals surface area (Å²) in [5, 5.41) is 3.08. The van der Waals surface area contributed by atoms with E-state index in [1.54, 1.807) is 19.3 Å². The standard InChI is InChI=1S/C15H19NO2/c1-4-11-8-12(10-13(9-11)18-3)14(17)16-15(2)6-5-7-15/h4,8-10H,1,5-7H2,2-3H3,(H,16,17). The third kappa shape index (κ3) is 2.55. The molecule has 18 heavy (non-hydrogen) atoms. The molecule has 0 radical (unpaired) electrons. The first-order valence-corrected chi connectivity index (χ1v) is 6.20. The maximum atomic E-state index is 12.2. The fourth-order valence-corrected chi connectivity index (χ4v) is 2.17. The van der Waals surface area contributed by atoms with Crippen molar-refractivity contribution in [3.05, 3.63) is 35.9 Å². The number of nitrogens with one attached hydrogen (secondary N) is 1. The highest BCUT2D eigenvalue weighted by molar-refractivity contribution is 5.95. The van der Waals surface area contributed by atoms with Crippen LogP contribution in [0.1, 0.15) is 42.1 Å². The number of benzene rings is 1. The summed E-state index contributed by atoms with van der Waals surface area (Å²) in [7, 11) is 1.59. The second-order valence-electron chi connectivity index (χ2n) is 5.07. The fourth-order valence-electron chi connectivity index (χ4n) is 2.17. The Hall–Kier alpha value is -1.77. The van der Waals surface area contributed by atoms with Crippen LogP contribution in [0.4, 0.5) is 0 Å². The maximum Gasteiger partial charge on any atom is 0.251 e. The van der Waals surface area contributed by atoms with Crippen molar-refractivity contribution < 1.29 is 9.53 Å². The van der Waals surface area contributed by atoms with E-state index in [4.69, 9.17) is 4.74 Å². The van der Waals surface area contributed by atoms with Gasteiger partial charge < -0.3 is 10.1 Å². The van der Waals surface area contributed by atoms with E-state index in [9.17, 15) is 4.79 Å². The third-order valence-electron chi connectivity index (χ3n) is 3.53. The van der Waals surface area contributed by atoms with Crippen LogP contribution in [0.2, 0.25) is 0 Å². The molecule has 1 saturated carbocycles. The minimum atomic E-state index is -0.0424. The average Bonchev–Trinajstić information content (AvgIpc) is 2.36. The molecule has 0 aliphatic heterocycles. The van der Waals surface area contributed by atoms with Gasteiger partial charge in [-0.2, -0.15) is 0 Å². The number of amides is 1. The number of methoxy groups -OCH3 is 1. The molecule has 0 unspecified atom stereocenters. The Morgan fingerprint density at radius 2 is 2.17 bits per heavy atom. The predicted octanol–water partition coefficient (Wildman–Crippen LogP) is 3.01. The van der Waals surface area contributed by atoms with Gasteiger partial charge in [0.05, 0.1) is 7.11 Å². The van der Waals surface area contributed by atoms with E-state index in [1.165, 1.54) is 6.42 Å². The van der Waals surface area contributed by atoms with Crippen molar-refractivity contribution in [1.29, 1.82) is 0 Å². The number of ether oxygens (including phenoxy) is 1. The molecule has 1 aromatic rings. The second kappa shape index (κ2) is 4.84. The Morgan fingerprint density at radius 1 is 1.44 bits per heavy atom. The zero-order valence-electron chi connectivity index (χ0n) is 11.0. The van der Waals surface area contributed by atoms with Crippen molar-refractivity contribution in [3.63, 3.8) is 0 Å². The zero-order valence-corrected chi connectivity index (χ0v) is 11.0. The van der Waals surface area contributed by atoms with Gasteiger partial charge in [-0.15, -0.1) is 0 Å². The van der Waals surface area contributed by atoms with Gasteiger partial charge in [-0.25, -0.2) is 0 Å². The Labute approximate surface area is 108 Å². The van der Waals surface area contributed by atoms with Gasteiger partial charge in [0.25, 0.3) is 5.91 Å². The van der Waals surface area contributed by atoms with E-state index >= 15 is 0 Å². The largest absolute Gasteiger partial charge is 0.497 e. The molecule has 96 valence electrons. The molecule has 0 heterocycles. The second-order valence-corrected chi connectivity index (χ2v) is 5.07. The van der Waals surface area contributed by atoms with Gasteiger partial charge in [-0.1, -0.05) is 12.7 Å². The first-order chi connectivity index (χ1) is 8.56. The van der Waals surface area contributed by atoms with Crippen LogP contribution in [0.25, 0.3) is 6.08 Å². The lowest BCUT2D eigenvalue weighted by atomic mass is 9.78. The third-order valence-corrected chi connectivity index (χ3v) is 3.53. The molecule has 2 rings (SSSR count). The summed E-state index contributed by atoms with van der Waals surface area (Å²) in [5.41, 5.74) is 1.48. The van der Waals surface area contributed by atoms with Gasteiger partial charge in [-0.3, -0.25) is 4.79 Å². The van der Waals surface area contributed by atoms with Crippen molar-refractivity contribution in [2.24, 2.45) is 0 Å². The summed E-state index contributed by atoms with van der Waals surface area (Å²) in [4.78, 5) is 12.2. The summed E-state index contributed by atoms with van der Waals surface area (Å²) in [6, 6.07) is 5.44. The SMILES string of the molecule is C=Cc1cc(OC)cc(C(=O)NC2(C)CCC2)c1. The van der Waals surface area contributed by atoms with Crippen LogP contribution in [-0.4, -0.2) is 18.6 Å². The lowest BCUT2D eigenvalue weighted by molar-refractivity contribution is 0.0850. The predicted molar refractivity (Wildman–Crippen MR) is 72.8 cm³/mol. The number of carbonyl (C=O) groups is 1. The lowest BCUT2D eigenvalue weighted by Gasteiger charge is -2.39. The minimum absolute atomic E-state index is 0.0332. The van der Waals surface area contributed by atoms with E-state index in [0.29, 0.717) is 11.3 Å². The van der Waals surface area contributed by atoms with Crippen LogP contribution < -0.4 is 10.1 Å². The van der Waals surface area contributed by atoms with Gasteiger partial charge >= 0.3 is 0 Å². The van der Waals surface area contributed by atoms with Crippen LogP contribution in [0.5, 0.6) is 5.75 Å². The van der Waals surface area contributed by atoms with Crippen molar-refractivity contribution in [2.45, 2.75) is 31.7 Å². The molecule has 1 aromatic carbocycles. The fraction of sp³-hybridized carbons (Fsp3) is 0.400. The van der Waals surface area contributed by atoms with Gasteiger partial charge in [0, 0.05) is 11.1 Å². The smallest absolute Gasteiger partial charge is 0.251 e. The molecule has 1 N–H and O–H groups in total. The first-order valence-electron chi connectivity index (χ1n) is 6.20. The van der Waals surface area contributed by atoms with Crippen LogP contribution >= 0.6 is 0 Å². The van der Waals surface area contributed by atoms with Gasteiger partial charge in [0.1, 0.15) is 5.75 Å². The Kier molecular flexibility index (Phi) is 3.41. The topological polar surface area (TPSA) is 38.3 Å². The highest BCUT2D eigenvalue weighted by atomic mass is 16.5. The maximum absolute atomic E-state index is 12.2. The quantitative estimate of drug-likeness (QED) is 0.885. The summed E-state index contributed by atoms with van der Waals surface area (Å²) in [5.74, 6) is 0.635. The van der Waals surface area contributed by atoms with E-state index in [1.807, 2.05) is 12.1 Å². The number of carbonyl (C=O) groups excluding carboxylic acids is 1. The molecule has 0 atom stereocenters. The molecular formula is C15H19NO2. The number of hydrogen-bond donors (Lipinski definition) is 1. The van der Waals surface area contributed by atoms with E-state index < -0.39 is 0 Å². The molecule has 1 aliphatic carbocycles. The Morgan fingerprint density at radius 3 is 2.67 bits per heavy atom. The average molecular weight is 245 g/mol. The van der Waals surface area contributed by atoms with Crippen molar-refractivity contribution in [2.75, 3.05) is 7.11 Å². The molecule has 3 heteroatoms. The van der Waals surface area contributed by atoms with Gasteiger partial charge in [-0.05, 0) is 49.9 Å². The molecule has 0 spiro atoms. The first kappa shape index (κ1) is 12.7. The molecule has 1 aliphatic rings. The Balaban J connectivity index is 2.20. The van der Waals surface area contributed by atoms with Crippen LogP contribution in [0, 0.1) is 0 Å². The Bertz CT molecular complexity index is 475. The molecule has 3 nitrogen and oxygen atoms in total. The molecule has 0 aromatic heterocycles. The molecular weight excluding hydrogens is 226 g/mol. The lowest BCUT2D eigenvalue weighted by Crippen LogP contribution is -2.50. The van der Waals surface area contributed by atoms with Gasteiger partial charge in [0.2, 0.25) is 0 Å². The normalized spacial score (nSPS) is 16.6. The molecule has 1 fully saturated rings. The summed E-state index contributed by atoms with van der Waals surface area (Å²) in [6.45, 7) is 5.81. The van der Waals surface area contributed by atoms with Crippen molar-refractivity contribution >= 4 is 12.0 Å². The summed E-state index contributed by atoms with van der Waals surface area (Å²) < 4.78 is 5.19. The van der Waals surface area contributed by atoms with E-state index in [0.717, 1.165) is 18.4 Å². The molecule has 0 saturated heterocycles. The van der Waals surface area contributed by atoms with Crippen molar-refractivity contribution in [1.82, 2.24) is 5.32 Å². The highest BCUT2D eigenvalue weighted by Crippen LogP contribution is 2.31. The zero-order chi connectivity index (χ0) is 13.2. The summed E-state index contributed by atoms with van der Waals surface area (Å²) in [6.07, 6.45) is 5.01.